The molecule has 0 amide bonds. The minimum atomic E-state index is -4.69. The lowest BCUT2D eigenvalue weighted by atomic mass is 10.3. The summed E-state index contributed by atoms with van der Waals surface area (Å²) in [7, 11) is 0. The molecule has 1 aromatic heterocycles. The van der Waals surface area contributed by atoms with Crippen molar-refractivity contribution in [2.24, 2.45) is 0 Å². The maximum Gasteiger partial charge on any atom is 0.573 e. The monoisotopic (exact) mass is 333 g/mol. The molecular formula is C12H10F3N3OS2. The molecule has 0 radical (unpaired) electrons. The maximum atomic E-state index is 12.0. The second-order valence-corrected chi connectivity index (χ2v) is 5.91. The van der Waals surface area contributed by atoms with Crippen molar-refractivity contribution in [3.63, 3.8) is 0 Å². The van der Waals surface area contributed by atoms with Gasteiger partial charge in [-0.25, -0.2) is 0 Å². The van der Waals surface area contributed by atoms with E-state index >= 15 is 0 Å². The summed E-state index contributed by atoms with van der Waals surface area (Å²) in [4.78, 5) is 0. The van der Waals surface area contributed by atoms with Gasteiger partial charge in [-0.05, 0) is 24.3 Å². The minimum absolute atomic E-state index is 0.271. The molecule has 1 aromatic carbocycles. The Morgan fingerprint density at radius 1 is 1.29 bits per heavy atom. The van der Waals surface area contributed by atoms with Crippen LogP contribution < -0.4 is 10.1 Å². The molecule has 0 saturated heterocycles. The van der Waals surface area contributed by atoms with E-state index < -0.39 is 6.36 Å². The van der Waals surface area contributed by atoms with E-state index in [0.717, 1.165) is 10.1 Å². The van der Waals surface area contributed by atoms with Crippen molar-refractivity contribution in [2.45, 2.75) is 10.7 Å². The van der Waals surface area contributed by atoms with Crippen LogP contribution in [-0.4, -0.2) is 22.3 Å². The minimum Gasteiger partial charge on any atom is -0.406 e. The molecular weight excluding hydrogens is 323 g/mol. The normalized spacial score (nSPS) is 11.2. The SMILES string of the molecule is C=CCSc1nnc(Nc2ccc(OC(F)(F)F)cc2)s1. The van der Waals surface area contributed by atoms with E-state index in [9.17, 15) is 13.2 Å². The lowest BCUT2D eigenvalue weighted by Gasteiger charge is -2.09. The van der Waals surface area contributed by atoms with Crippen LogP contribution in [0.15, 0.2) is 41.3 Å². The summed E-state index contributed by atoms with van der Waals surface area (Å²) in [6.45, 7) is 3.61. The number of benzene rings is 1. The number of nitrogens with zero attached hydrogens (tertiary/aromatic N) is 2. The molecule has 4 nitrogen and oxygen atoms in total. The summed E-state index contributed by atoms with van der Waals surface area (Å²) in [5, 5.41) is 11.4. The Labute approximate surface area is 127 Å². The fraction of sp³-hybridized carbons (Fsp3) is 0.167. The molecule has 1 heterocycles. The summed E-state index contributed by atoms with van der Waals surface area (Å²) in [6.07, 6.45) is -2.93. The van der Waals surface area contributed by atoms with Gasteiger partial charge in [-0.15, -0.1) is 29.9 Å². The van der Waals surface area contributed by atoms with E-state index in [1.807, 2.05) is 0 Å². The second kappa shape index (κ2) is 6.81. The third-order valence-corrected chi connectivity index (χ3v) is 4.04. The summed E-state index contributed by atoms with van der Waals surface area (Å²) in [5.41, 5.74) is 0.598. The van der Waals surface area contributed by atoms with Crippen LogP contribution in [0.4, 0.5) is 24.0 Å². The van der Waals surface area contributed by atoms with E-state index in [0.29, 0.717) is 10.8 Å². The fourth-order valence-electron chi connectivity index (χ4n) is 1.31. The maximum absolute atomic E-state index is 12.0. The Balaban J connectivity index is 1.96. The number of hydrogen-bond donors (Lipinski definition) is 1. The van der Waals surface area contributed by atoms with Gasteiger partial charge in [0.15, 0.2) is 4.34 Å². The first-order valence-corrected chi connectivity index (χ1v) is 7.46. The average molecular weight is 333 g/mol. The molecule has 112 valence electrons. The quantitative estimate of drug-likeness (QED) is 0.625. The van der Waals surface area contributed by atoms with E-state index in [2.05, 4.69) is 26.8 Å². The molecule has 0 spiro atoms. The highest BCUT2D eigenvalue weighted by Gasteiger charge is 2.30. The van der Waals surface area contributed by atoms with Gasteiger partial charge >= 0.3 is 6.36 Å². The predicted molar refractivity (Wildman–Crippen MR) is 77.2 cm³/mol. The van der Waals surface area contributed by atoms with Gasteiger partial charge in [0.1, 0.15) is 5.75 Å². The van der Waals surface area contributed by atoms with Gasteiger partial charge in [0, 0.05) is 11.4 Å². The van der Waals surface area contributed by atoms with Crippen LogP contribution in [0.3, 0.4) is 0 Å². The molecule has 0 aliphatic heterocycles. The van der Waals surface area contributed by atoms with E-state index in [4.69, 9.17) is 0 Å². The smallest absolute Gasteiger partial charge is 0.406 e. The topological polar surface area (TPSA) is 47.0 Å². The van der Waals surface area contributed by atoms with Gasteiger partial charge in [0.05, 0.1) is 0 Å². The number of halogens is 3. The van der Waals surface area contributed by atoms with Crippen molar-refractivity contribution < 1.29 is 17.9 Å². The first kappa shape index (κ1) is 15.6. The van der Waals surface area contributed by atoms with Gasteiger partial charge in [-0.2, -0.15) is 0 Å². The molecule has 1 N–H and O–H groups in total. The number of aromatic nitrogens is 2. The Morgan fingerprint density at radius 2 is 2.00 bits per heavy atom. The van der Waals surface area contributed by atoms with Crippen LogP contribution in [-0.2, 0) is 0 Å². The highest BCUT2D eigenvalue weighted by Crippen LogP contribution is 2.29. The van der Waals surface area contributed by atoms with Gasteiger partial charge in [0.2, 0.25) is 5.13 Å². The molecule has 0 unspecified atom stereocenters. The number of ether oxygens (including phenoxy) is 1. The zero-order valence-corrected chi connectivity index (χ0v) is 12.2. The first-order chi connectivity index (χ1) is 9.96. The van der Waals surface area contributed by atoms with Crippen molar-refractivity contribution in [1.29, 1.82) is 0 Å². The summed E-state index contributed by atoms with van der Waals surface area (Å²) >= 11 is 2.85. The Hall–Kier alpha value is -1.74. The molecule has 0 bridgehead atoms. The fourth-order valence-corrected chi connectivity index (χ4v) is 2.85. The van der Waals surface area contributed by atoms with Crippen LogP contribution in [0, 0.1) is 0 Å². The van der Waals surface area contributed by atoms with Crippen molar-refractivity contribution in [3.8, 4) is 5.75 Å². The number of hydrogen-bond acceptors (Lipinski definition) is 6. The number of alkyl halides is 3. The van der Waals surface area contributed by atoms with Crippen molar-refractivity contribution in [1.82, 2.24) is 10.2 Å². The Bertz CT molecular complexity index is 599. The molecule has 9 heteroatoms. The summed E-state index contributed by atoms with van der Waals surface area (Å²) in [5.74, 6) is 0.463. The van der Waals surface area contributed by atoms with E-state index in [1.54, 1.807) is 6.08 Å². The molecule has 0 aliphatic carbocycles. The molecule has 0 saturated carbocycles. The van der Waals surface area contributed by atoms with Gasteiger partial charge in [-0.1, -0.05) is 29.2 Å². The zero-order chi connectivity index (χ0) is 15.3. The van der Waals surface area contributed by atoms with Crippen LogP contribution in [0.25, 0.3) is 0 Å². The van der Waals surface area contributed by atoms with Gasteiger partial charge in [-0.3, -0.25) is 0 Å². The summed E-state index contributed by atoms with van der Waals surface area (Å²) < 4.78 is 40.7. The first-order valence-electron chi connectivity index (χ1n) is 5.66. The summed E-state index contributed by atoms with van der Waals surface area (Å²) in [6, 6.07) is 5.40. The standard InChI is InChI=1S/C12H10F3N3OS2/c1-2-7-20-11-18-17-10(21-11)16-8-3-5-9(6-4-8)19-12(13,14)15/h2-6H,1,7H2,(H,16,17). The van der Waals surface area contributed by atoms with E-state index in [-0.39, 0.29) is 5.75 Å². The number of anilines is 2. The molecule has 2 rings (SSSR count). The predicted octanol–water partition coefficient (Wildman–Crippen LogP) is 4.46. The molecule has 0 aliphatic rings. The van der Waals surface area contributed by atoms with Crippen LogP contribution in [0.5, 0.6) is 5.75 Å². The number of thioether (sulfide) groups is 1. The van der Waals surface area contributed by atoms with Crippen molar-refractivity contribution in [3.05, 3.63) is 36.9 Å². The zero-order valence-electron chi connectivity index (χ0n) is 10.6. The molecule has 2 aromatic rings. The number of nitrogens with one attached hydrogen (secondary N) is 1. The van der Waals surface area contributed by atoms with Crippen LogP contribution >= 0.6 is 23.1 Å². The van der Waals surface area contributed by atoms with Crippen molar-refractivity contribution in [2.75, 3.05) is 11.1 Å². The number of rotatable bonds is 6. The molecule has 0 atom stereocenters. The van der Waals surface area contributed by atoms with Crippen LogP contribution in [0.2, 0.25) is 0 Å². The van der Waals surface area contributed by atoms with E-state index in [1.165, 1.54) is 47.4 Å². The van der Waals surface area contributed by atoms with Gasteiger partial charge in [0.25, 0.3) is 0 Å². The largest absolute Gasteiger partial charge is 0.573 e. The Morgan fingerprint density at radius 3 is 2.62 bits per heavy atom. The average Bonchev–Trinajstić information content (AvgIpc) is 2.85. The molecule has 0 fully saturated rings. The lowest BCUT2D eigenvalue weighted by molar-refractivity contribution is -0.274. The van der Waals surface area contributed by atoms with Gasteiger partial charge < -0.3 is 10.1 Å². The lowest BCUT2D eigenvalue weighted by Crippen LogP contribution is -2.16. The highest BCUT2D eigenvalue weighted by atomic mass is 32.2. The Kier molecular flexibility index (Phi) is 5.07. The third kappa shape index (κ3) is 5.27. The van der Waals surface area contributed by atoms with Crippen LogP contribution in [0.1, 0.15) is 0 Å². The van der Waals surface area contributed by atoms with Crippen molar-refractivity contribution >= 4 is 33.9 Å². The highest BCUT2D eigenvalue weighted by molar-refractivity contribution is 8.01. The molecule has 21 heavy (non-hydrogen) atoms. The second-order valence-electron chi connectivity index (χ2n) is 3.67. The third-order valence-electron chi connectivity index (χ3n) is 2.07.